The van der Waals surface area contributed by atoms with Crippen LogP contribution in [0.5, 0.6) is 0 Å². The van der Waals surface area contributed by atoms with Crippen molar-refractivity contribution in [2.24, 2.45) is 11.8 Å². The van der Waals surface area contributed by atoms with Crippen molar-refractivity contribution in [3.8, 4) is 5.95 Å². The molecule has 0 saturated carbocycles. The summed E-state index contributed by atoms with van der Waals surface area (Å²) in [6.07, 6.45) is 4.72. The summed E-state index contributed by atoms with van der Waals surface area (Å²) < 4.78 is 1.45. The number of nitrogens with two attached hydrogens (primary N) is 1. The minimum atomic E-state index is 0.204. The molecule has 1 unspecified atom stereocenters. The van der Waals surface area contributed by atoms with Crippen molar-refractivity contribution in [3.05, 3.63) is 12.7 Å². The van der Waals surface area contributed by atoms with E-state index in [4.69, 9.17) is 10.9 Å². The van der Waals surface area contributed by atoms with Crippen LogP contribution < -0.4 is 16.2 Å². The van der Waals surface area contributed by atoms with Crippen LogP contribution >= 0.6 is 0 Å². The third-order valence-electron chi connectivity index (χ3n) is 3.47. The zero-order valence-electron chi connectivity index (χ0n) is 11.4. The normalized spacial score (nSPS) is 18.2. The number of rotatable bonds is 5. The van der Waals surface area contributed by atoms with Crippen LogP contribution in [-0.4, -0.2) is 54.5 Å². The standard InChI is InChI=1S/C11H17N9O/c12-18-9-15-10(19-3-1-8(5-19)2-4-21)17-11(16-9)20-7-13-6-14-20/h6-8,21H,1-5,12H2,(H,15,16,17,18). The lowest BCUT2D eigenvalue weighted by atomic mass is 10.1. The fourth-order valence-electron chi connectivity index (χ4n) is 2.41. The van der Waals surface area contributed by atoms with Gasteiger partial charge in [0, 0.05) is 19.7 Å². The average molecular weight is 291 g/mol. The molecule has 10 heteroatoms. The fraction of sp³-hybridized carbons (Fsp3) is 0.545. The number of nitrogens with one attached hydrogen (secondary N) is 1. The van der Waals surface area contributed by atoms with Crippen LogP contribution in [0.25, 0.3) is 5.95 Å². The van der Waals surface area contributed by atoms with Crippen molar-refractivity contribution in [3.63, 3.8) is 0 Å². The highest BCUT2D eigenvalue weighted by molar-refractivity contribution is 5.40. The van der Waals surface area contributed by atoms with E-state index in [1.165, 1.54) is 17.3 Å². The smallest absolute Gasteiger partial charge is 0.258 e. The third kappa shape index (κ3) is 2.90. The van der Waals surface area contributed by atoms with Gasteiger partial charge in [-0.15, -0.1) is 0 Å². The molecule has 0 bridgehead atoms. The van der Waals surface area contributed by atoms with E-state index in [0.717, 1.165) is 25.9 Å². The Morgan fingerprint density at radius 1 is 1.33 bits per heavy atom. The predicted molar refractivity (Wildman–Crippen MR) is 74.6 cm³/mol. The highest BCUT2D eigenvalue weighted by Gasteiger charge is 2.25. The van der Waals surface area contributed by atoms with Crippen molar-refractivity contribution in [2.45, 2.75) is 12.8 Å². The molecule has 0 radical (unpaired) electrons. The molecule has 0 amide bonds. The molecule has 1 saturated heterocycles. The van der Waals surface area contributed by atoms with E-state index in [1.54, 1.807) is 0 Å². The topological polar surface area (TPSA) is 131 Å². The van der Waals surface area contributed by atoms with Gasteiger partial charge in [0.2, 0.25) is 11.9 Å². The van der Waals surface area contributed by atoms with E-state index in [0.29, 0.717) is 17.8 Å². The first-order chi connectivity index (χ1) is 10.3. The van der Waals surface area contributed by atoms with Gasteiger partial charge in [0.25, 0.3) is 5.95 Å². The van der Waals surface area contributed by atoms with E-state index in [2.05, 4.69) is 35.4 Å². The zero-order chi connectivity index (χ0) is 14.7. The molecule has 4 N–H and O–H groups in total. The van der Waals surface area contributed by atoms with Crippen LogP contribution in [0.15, 0.2) is 12.7 Å². The van der Waals surface area contributed by atoms with Gasteiger partial charge >= 0.3 is 0 Å². The van der Waals surface area contributed by atoms with Crippen LogP contribution in [0.1, 0.15) is 12.8 Å². The molecule has 21 heavy (non-hydrogen) atoms. The summed E-state index contributed by atoms with van der Waals surface area (Å²) in [5.74, 6) is 7.05. The third-order valence-corrected chi connectivity index (χ3v) is 3.47. The number of hydrogen-bond acceptors (Lipinski definition) is 9. The first-order valence-corrected chi connectivity index (χ1v) is 6.73. The Labute approximate surface area is 121 Å². The quantitative estimate of drug-likeness (QED) is 0.466. The number of nitrogens with zero attached hydrogens (tertiary/aromatic N) is 7. The van der Waals surface area contributed by atoms with Gasteiger partial charge in [0.05, 0.1) is 0 Å². The molecule has 1 aliphatic heterocycles. The van der Waals surface area contributed by atoms with Crippen molar-refractivity contribution in [2.75, 3.05) is 30.0 Å². The van der Waals surface area contributed by atoms with E-state index in [9.17, 15) is 0 Å². The fourth-order valence-corrected chi connectivity index (χ4v) is 2.41. The van der Waals surface area contributed by atoms with Crippen LogP contribution in [0, 0.1) is 5.92 Å². The predicted octanol–water partition coefficient (Wildman–Crippen LogP) is -1.05. The maximum atomic E-state index is 9.03. The van der Waals surface area contributed by atoms with E-state index in [-0.39, 0.29) is 12.6 Å². The van der Waals surface area contributed by atoms with Crippen LogP contribution in [0.3, 0.4) is 0 Å². The Kier molecular flexibility index (Phi) is 3.88. The lowest BCUT2D eigenvalue weighted by Gasteiger charge is -2.17. The van der Waals surface area contributed by atoms with Crippen LogP contribution in [0.2, 0.25) is 0 Å². The molecule has 2 aromatic heterocycles. The van der Waals surface area contributed by atoms with Crippen molar-refractivity contribution in [1.82, 2.24) is 29.7 Å². The molecule has 0 aromatic carbocycles. The number of aliphatic hydroxyl groups is 1. The highest BCUT2D eigenvalue weighted by Crippen LogP contribution is 2.23. The van der Waals surface area contributed by atoms with Gasteiger partial charge in [-0.25, -0.2) is 10.8 Å². The zero-order valence-corrected chi connectivity index (χ0v) is 11.4. The lowest BCUT2D eigenvalue weighted by molar-refractivity contribution is 0.263. The Morgan fingerprint density at radius 2 is 2.19 bits per heavy atom. The largest absolute Gasteiger partial charge is 0.396 e. The maximum Gasteiger partial charge on any atom is 0.258 e. The van der Waals surface area contributed by atoms with Crippen LogP contribution in [0.4, 0.5) is 11.9 Å². The van der Waals surface area contributed by atoms with E-state index >= 15 is 0 Å². The number of hydrogen-bond donors (Lipinski definition) is 3. The molecule has 2 aromatic rings. The van der Waals surface area contributed by atoms with Gasteiger partial charge in [0.1, 0.15) is 12.7 Å². The van der Waals surface area contributed by atoms with E-state index < -0.39 is 0 Å². The first-order valence-electron chi connectivity index (χ1n) is 6.73. The van der Waals surface area contributed by atoms with Crippen molar-refractivity contribution >= 4 is 11.9 Å². The first kappa shape index (κ1) is 13.6. The van der Waals surface area contributed by atoms with Gasteiger partial charge in [-0.1, -0.05) is 0 Å². The maximum absolute atomic E-state index is 9.03. The molecule has 0 aliphatic carbocycles. The average Bonchev–Trinajstić information content (AvgIpc) is 3.18. The number of nitrogen functional groups attached to an aromatic ring is 1. The summed E-state index contributed by atoms with van der Waals surface area (Å²) >= 11 is 0. The monoisotopic (exact) mass is 291 g/mol. The molecule has 1 fully saturated rings. The Balaban J connectivity index is 1.87. The van der Waals surface area contributed by atoms with Gasteiger partial charge in [0.15, 0.2) is 0 Å². The van der Waals surface area contributed by atoms with Crippen molar-refractivity contribution in [1.29, 1.82) is 0 Å². The van der Waals surface area contributed by atoms with E-state index in [1.807, 2.05) is 0 Å². The molecule has 3 heterocycles. The molecule has 1 atom stereocenters. The summed E-state index contributed by atoms with van der Waals surface area (Å²) in [5.41, 5.74) is 2.44. The molecular weight excluding hydrogens is 274 g/mol. The Bertz CT molecular complexity index is 587. The second-order valence-electron chi connectivity index (χ2n) is 4.86. The van der Waals surface area contributed by atoms with Crippen molar-refractivity contribution < 1.29 is 5.11 Å². The number of aromatic nitrogens is 6. The summed E-state index contributed by atoms with van der Waals surface area (Å²) in [7, 11) is 0. The molecule has 3 rings (SSSR count). The lowest BCUT2D eigenvalue weighted by Crippen LogP contribution is -2.25. The van der Waals surface area contributed by atoms with Crippen LogP contribution in [-0.2, 0) is 0 Å². The number of anilines is 2. The second-order valence-corrected chi connectivity index (χ2v) is 4.86. The molecule has 1 aliphatic rings. The summed E-state index contributed by atoms with van der Waals surface area (Å²) in [4.78, 5) is 18.8. The second kappa shape index (κ2) is 5.97. The molecular formula is C11H17N9O. The number of hydrazine groups is 1. The van der Waals surface area contributed by atoms with Gasteiger partial charge in [-0.3, -0.25) is 5.43 Å². The van der Waals surface area contributed by atoms with Gasteiger partial charge < -0.3 is 10.0 Å². The summed E-state index contributed by atoms with van der Waals surface area (Å²) in [6.45, 7) is 1.86. The highest BCUT2D eigenvalue weighted by atomic mass is 16.3. The summed E-state index contributed by atoms with van der Waals surface area (Å²) in [6, 6.07) is 0. The summed E-state index contributed by atoms with van der Waals surface area (Å²) in [5, 5.41) is 13.0. The molecule has 10 nitrogen and oxygen atoms in total. The minimum Gasteiger partial charge on any atom is -0.396 e. The van der Waals surface area contributed by atoms with Gasteiger partial charge in [-0.05, 0) is 18.8 Å². The minimum absolute atomic E-state index is 0.204. The number of aliphatic hydroxyl groups excluding tert-OH is 1. The SMILES string of the molecule is NNc1nc(N2CCC(CCO)C2)nc(-n2cncn2)n1. The molecule has 0 spiro atoms. The van der Waals surface area contributed by atoms with Gasteiger partial charge in [-0.2, -0.15) is 24.7 Å². The Hall–Kier alpha value is -2.33. The Morgan fingerprint density at radius 3 is 2.90 bits per heavy atom. The molecule has 112 valence electrons.